The monoisotopic (exact) mass is 427 g/mol. The van der Waals surface area contributed by atoms with Crippen LogP contribution in [-0.4, -0.2) is 22.1 Å². The van der Waals surface area contributed by atoms with Crippen molar-refractivity contribution in [3.05, 3.63) is 102 Å². The molecule has 3 aromatic carbocycles. The molecule has 0 spiro atoms. The third-order valence-electron chi connectivity index (χ3n) is 4.64. The summed E-state index contributed by atoms with van der Waals surface area (Å²) >= 11 is 1.69. The van der Waals surface area contributed by atoms with E-state index < -0.39 is 0 Å². The maximum atomic E-state index is 12.7. The SMILES string of the molecule is CSc1ccc(CNC(=O)c2cccc(-c3cc(Oc4ccccc4)ncn3)c2)cc1. The summed E-state index contributed by atoms with van der Waals surface area (Å²) in [6, 6.07) is 26.7. The van der Waals surface area contributed by atoms with E-state index in [0.717, 1.165) is 11.1 Å². The van der Waals surface area contributed by atoms with Gasteiger partial charge in [-0.15, -0.1) is 11.8 Å². The first kappa shape index (κ1) is 20.6. The summed E-state index contributed by atoms with van der Waals surface area (Å²) in [6.45, 7) is 0.473. The Balaban J connectivity index is 1.46. The fourth-order valence-electron chi connectivity index (χ4n) is 3.01. The smallest absolute Gasteiger partial charge is 0.251 e. The number of amides is 1. The molecule has 0 fully saturated rings. The van der Waals surface area contributed by atoms with Gasteiger partial charge in [-0.05, 0) is 48.2 Å². The van der Waals surface area contributed by atoms with Crippen LogP contribution in [0.2, 0.25) is 0 Å². The van der Waals surface area contributed by atoms with Crippen LogP contribution in [-0.2, 0) is 6.54 Å². The van der Waals surface area contributed by atoms with Gasteiger partial charge in [0.05, 0.1) is 5.69 Å². The second kappa shape index (κ2) is 9.91. The van der Waals surface area contributed by atoms with Gasteiger partial charge in [-0.25, -0.2) is 9.97 Å². The van der Waals surface area contributed by atoms with Gasteiger partial charge in [0.2, 0.25) is 5.88 Å². The standard InChI is InChI=1S/C25H21N3O2S/c1-31-22-12-10-18(11-13-22)16-26-25(29)20-7-5-6-19(14-20)23-15-24(28-17-27-23)30-21-8-3-2-4-9-21/h2-15,17H,16H2,1H3,(H,26,29). The van der Waals surface area contributed by atoms with Gasteiger partial charge in [-0.3, -0.25) is 4.79 Å². The molecule has 0 bridgehead atoms. The number of hydrogen-bond donors (Lipinski definition) is 1. The predicted molar refractivity (Wildman–Crippen MR) is 123 cm³/mol. The number of carbonyl (C=O) groups excluding carboxylic acids is 1. The van der Waals surface area contributed by atoms with Crippen LogP contribution < -0.4 is 10.1 Å². The van der Waals surface area contributed by atoms with Crippen LogP contribution in [0.5, 0.6) is 11.6 Å². The average Bonchev–Trinajstić information content (AvgIpc) is 2.84. The molecule has 5 nitrogen and oxygen atoms in total. The molecule has 4 aromatic rings. The number of aromatic nitrogens is 2. The Hall–Kier alpha value is -3.64. The lowest BCUT2D eigenvalue weighted by Gasteiger charge is -2.09. The number of rotatable bonds is 7. The minimum Gasteiger partial charge on any atom is -0.439 e. The maximum Gasteiger partial charge on any atom is 0.251 e. The lowest BCUT2D eigenvalue weighted by molar-refractivity contribution is 0.0951. The van der Waals surface area contributed by atoms with Crippen molar-refractivity contribution in [2.75, 3.05) is 6.26 Å². The molecule has 1 N–H and O–H groups in total. The Kier molecular flexibility index (Phi) is 6.59. The van der Waals surface area contributed by atoms with E-state index in [4.69, 9.17) is 4.74 Å². The van der Waals surface area contributed by atoms with Crippen LogP contribution in [0.1, 0.15) is 15.9 Å². The molecular formula is C25H21N3O2S. The van der Waals surface area contributed by atoms with Crippen molar-refractivity contribution in [1.82, 2.24) is 15.3 Å². The number of thioether (sulfide) groups is 1. The zero-order valence-corrected chi connectivity index (χ0v) is 17.8. The Labute approximate surface area is 185 Å². The van der Waals surface area contributed by atoms with Crippen molar-refractivity contribution >= 4 is 17.7 Å². The number of benzene rings is 3. The summed E-state index contributed by atoms with van der Waals surface area (Å²) in [5.74, 6) is 1.01. The van der Waals surface area contributed by atoms with Crippen molar-refractivity contribution in [2.45, 2.75) is 11.4 Å². The molecule has 1 aromatic heterocycles. The molecule has 31 heavy (non-hydrogen) atoms. The van der Waals surface area contributed by atoms with Crippen molar-refractivity contribution in [1.29, 1.82) is 0 Å². The molecule has 6 heteroatoms. The van der Waals surface area contributed by atoms with Gasteiger partial charge >= 0.3 is 0 Å². The summed E-state index contributed by atoms with van der Waals surface area (Å²) in [5.41, 5.74) is 3.13. The molecule has 4 rings (SSSR count). The van der Waals surface area contributed by atoms with E-state index in [2.05, 4.69) is 27.4 Å². The van der Waals surface area contributed by atoms with E-state index in [1.807, 2.05) is 66.9 Å². The van der Waals surface area contributed by atoms with Crippen LogP contribution in [0, 0.1) is 0 Å². The highest BCUT2D eigenvalue weighted by Gasteiger charge is 2.09. The Morgan fingerprint density at radius 2 is 1.74 bits per heavy atom. The van der Waals surface area contributed by atoms with E-state index in [-0.39, 0.29) is 5.91 Å². The van der Waals surface area contributed by atoms with E-state index in [1.54, 1.807) is 23.9 Å². The highest BCUT2D eigenvalue weighted by Crippen LogP contribution is 2.24. The summed E-state index contributed by atoms with van der Waals surface area (Å²) in [4.78, 5) is 22.4. The van der Waals surface area contributed by atoms with Crippen molar-refractivity contribution < 1.29 is 9.53 Å². The third-order valence-corrected chi connectivity index (χ3v) is 5.38. The summed E-state index contributed by atoms with van der Waals surface area (Å²) in [7, 11) is 0. The average molecular weight is 428 g/mol. The van der Waals surface area contributed by atoms with E-state index in [9.17, 15) is 4.79 Å². The molecule has 0 aliphatic carbocycles. The van der Waals surface area contributed by atoms with Gasteiger partial charge in [0, 0.05) is 28.6 Å². The number of carbonyl (C=O) groups is 1. The van der Waals surface area contributed by atoms with Crippen LogP contribution in [0.4, 0.5) is 0 Å². The minimum atomic E-state index is -0.134. The van der Waals surface area contributed by atoms with Crippen LogP contribution in [0.3, 0.4) is 0 Å². The Morgan fingerprint density at radius 3 is 2.52 bits per heavy atom. The number of hydrogen-bond acceptors (Lipinski definition) is 5. The number of ether oxygens (including phenoxy) is 1. The molecule has 0 aliphatic heterocycles. The lowest BCUT2D eigenvalue weighted by Crippen LogP contribution is -2.22. The van der Waals surface area contributed by atoms with Gasteiger partial charge in [-0.2, -0.15) is 0 Å². The highest BCUT2D eigenvalue weighted by molar-refractivity contribution is 7.98. The fraction of sp³-hybridized carbons (Fsp3) is 0.0800. The Morgan fingerprint density at radius 1 is 0.935 bits per heavy atom. The lowest BCUT2D eigenvalue weighted by atomic mass is 10.1. The number of nitrogens with one attached hydrogen (secondary N) is 1. The summed E-state index contributed by atoms with van der Waals surface area (Å²) in [6.07, 6.45) is 3.50. The molecule has 0 saturated heterocycles. The van der Waals surface area contributed by atoms with E-state index >= 15 is 0 Å². The first-order chi connectivity index (χ1) is 15.2. The molecule has 154 valence electrons. The van der Waals surface area contributed by atoms with Gasteiger partial charge in [0.15, 0.2) is 0 Å². The highest BCUT2D eigenvalue weighted by atomic mass is 32.2. The van der Waals surface area contributed by atoms with Crippen molar-refractivity contribution in [3.8, 4) is 22.9 Å². The molecule has 1 amide bonds. The first-order valence-electron chi connectivity index (χ1n) is 9.78. The molecule has 0 atom stereocenters. The largest absolute Gasteiger partial charge is 0.439 e. The zero-order chi connectivity index (χ0) is 21.5. The fourth-order valence-corrected chi connectivity index (χ4v) is 3.42. The third kappa shape index (κ3) is 5.49. The Bertz CT molecular complexity index is 1160. The quantitative estimate of drug-likeness (QED) is 0.390. The number of para-hydroxylation sites is 1. The summed E-state index contributed by atoms with van der Waals surface area (Å²) in [5, 5.41) is 2.97. The molecule has 0 aliphatic rings. The second-order valence-corrected chi connectivity index (χ2v) is 7.65. The molecular weight excluding hydrogens is 406 g/mol. The van der Waals surface area contributed by atoms with Crippen LogP contribution in [0.15, 0.2) is 96.2 Å². The second-order valence-electron chi connectivity index (χ2n) is 6.77. The predicted octanol–water partition coefficient (Wildman–Crippen LogP) is 5.59. The zero-order valence-electron chi connectivity index (χ0n) is 17.0. The van der Waals surface area contributed by atoms with Crippen LogP contribution in [0.25, 0.3) is 11.3 Å². The normalized spacial score (nSPS) is 10.5. The van der Waals surface area contributed by atoms with E-state index in [1.165, 1.54) is 11.2 Å². The molecule has 0 saturated carbocycles. The molecule has 1 heterocycles. The maximum absolute atomic E-state index is 12.7. The molecule has 0 radical (unpaired) electrons. The van der Waals surface area contributed by atoms with Gasteiger partial charge in [-0.1, -0.05) is 42.5 Å². The van der Waals surface area contributed by atoms with E-state index in [0.29, 0.717) is 29.4 Å². The minimum absolute atomic E-state index is 0.134. The topological polar surface area (TPSA) is 64.1 Å². The van der Waals surface area contributed by atoms with Gasteiger partial charge in [0.1, 0.15) is 12.1 Å². The number of nitrogens with zero attached hydrogens (tertiary/aromatic N) is 2. The van der Waals surface area contributed by atoms with Crippen molar-refractivity contribution in [3.63, 3.8) is 0 Å². The van der Waals surface area contributed by atoms with Crippen molar-refractivity contribution in [2.24, 2.45) is 0 Å². The van der Waals surface area contributed by atoms with Crippen LogP contribution >= 0.6 is 11.8 Å². The molecule has 0 unspecified atom stereocenters. The first-order valence-corrected chi connectivity index (χ1v) is 11.0. The summed E-state index contributed by atoms with van der Waals surface area (Å²) < 4.78 is 5.79. The van der Waals surface area contributed by atoms with Gasteiger partial charge in [0.25, 0.3) is 5.91 Å². The van der Waals surface area contributed by atoms with Gasteiger partial charge < -0.3 is 10.1 Å².